The molecule has 0 saturated heterocycles. The van der Waals surface area contributed by atoms with Gasteiger partial charge < -0.3 is 10.1 Å². The van der Waals surface area contributed by atoms with Gasteiger partial charge in [-0.05, 0) is 24.0 Å². The molecule has 0 aromatic heterocycles. The Balaban J connectivity index is 2.29. The van der Waals surface area contributed by atoms with Crippen LogP contribution in [0.15, 0.2) is 23.1 Å². The highest BCUT2D eigenvalue weighted by Crippen LogP contribution is 2.31. The van der Waals surface area contributed by atoms with E-state index in [1.807, 2.05) is 13.8 Å². The second-order valence-corrected chi connectivity index (χ2v) is 4.21. The van der Waals surface area contributed by atoms with Crippen molar-refractivity contribution in [2.75, 3.05) is 0 Å². The number of allylic oxidation sites excluding steroid dienone is 3. The fourth-order valence-electron chi connectivity index (χ4n) is 1.97. The minimum Gasteiger partial charge on any atom is -0.483 e. The van der Waals surface area contributed by atoms with Crippen molar-refractivity contribution in [2.45, 2.75) is 32.8 Å². The van der Waals surface area contributed by atoms with E-state index < -0.39 is 6.10 Å². The fourth-order valence-corrected chi connectivity index (χ4v) is 1.97. The van der Waals surface area contributed by atoms with Crippen LogP contribution in [0.4, 0.5) is 0 Å². The lowest BCUT2D eigenvalue weighted by molar-refractivity contribution is -0.132. The van der Waals surface area contributed by atoms with Crippen LogP contribution >= 0.6 is 0 Å². The molecule has 1 aliphatic heterocycles. The minimum atomic E-state index is -0.392. The smallest absolute Gasteiger partial charge is 0.265 e. The van der Waals surface area contributed by atoms with Crippen molar-refractivity contribution >= 4 is 12.2 Å². The molecule has 2 atom stereocenters. The standard InChI is InChI=1S/C12H15NO3/c1-3-10-12(15)13-9-5-8(6-14)7(2)4-11(9)16-10/h5-7,10H,3-4H2,1-2H3,(H,13,15). The van der Waals surface area contributed by atoms with Gasteiger partial charge in [-0.15, -0.1) is 0 Å². The van der Waals surface area contributed by atoms with E-state index >= 15 is 0 Å². The molecule has 0 bridgehead atoms. The van der Waals surface area contributed by atoms with Gasteiger partial charge >= 0.3 is 0 Å². The molecule has 1 heterocycles. The molecular weight excluding hydrogens is 206 g/mol. The quantitative estimate of drug-likeness (QED) is 0.715. The first-order valence-electron chi connectivity index (χ1n) is 5.53. The van der Waals surface area contributed by atoms with Crippen LogP contribution in [0.2, 0.25) is 0 Å². The summed E-state index contributed by atoms with van der Waals surface area (Å²) in [6, 6.07) is 0. The van der Waals surface area contributed by atoms with Crippen LogP contribution in [0.3, 0.4) is 0 Å². The number of nitrogens with one attached hydrogen (secondary N) is 1. The summed E-state index contributed by atoms with van der Waals surface area (Å²) >= 11 is 0. The Kier molecular flexibility index (Phi) is 2.81. The highest BCUT2D eigenvalue weighted by atomic mass is 16.5. The van der Waals surface area contributed by atoms with E-state index in [4.69, 9.17) is 4.74 Å². The molecular formula is C12H15NO3. The SMILES string of the molecule is CCC1OC2=C(C=C(C=O)C(C)C2)NC1=O. The summed E-state index contributed by atoms with van der Waals surface area (Å²) in [4.78, 5) is 22.4. The number of hydrogen-bond donors (Lipinski definition) is 1. The fraction of sp³-hybridized carbons (Fsp3) is 0.500. The molecule has 2 aliphatic rings. The molecule has 2 rings (SSSR count). The zero-order valence-electron chi connectivity index (χ0n) is 9.45. The molecule has 16 heavy (non-hydrogen) atoms. The normalized spacial score (nSPS) is 28.9. The van der Waals surface area contributed by atoms with Crippen molar-refractivity contribution in [3.05, 3.63) is 23.1 Å². The minimum absolute atomic E-state index is 0.127. The van der Waals surface area contributed by atoms with E-state index in [2.05, 4.69) is 5.32 Å². The van der Waals surface area contributed by atoms with Crippen molar-refractivity contribution in [1.82, 2.24) is 5.32 Å². The molecule has 86 valence electrons. The Bertz CT molecular complexity index is 395. The topological polar surface area (TPSA) is 55.4 Å². The van der Waals surface area contributed by atoms with Gasteiger partial charge in [0.05, 0.1) is 5.70 Å². The van der Waals surface area contributed by atoms with Crippen LogP contribution < -0.4 is 5.32 Å². The van der Waals surface area contributed by atoms with Gasteiger partial charge in [-0.2, -0.15) is 0 Å². The van der Waals surface area contributed by atoms with Gasteiger partial charge in [-0.1, -0.05) is 13.8 Å². The Morgan fingerprint density at radius 2 is 2.38 bits per heavy atom. The Hall–Kier alpha value is -1.58. The third-order valence-electron chi connectivity index (χ3n) is 3.01. The highest BCUT2D eigenvalue weighted by Gasteiger charge is 2.31. The second kappa shape index (κ2) is 4.12. The molecule has 1 aliphatic carbocycles. The molecule has 0 fully saturated rings. The second-order valence-electron chi connectivity index (χ2n) is 4.21. The predicted molar refractivity (Wildman–Crippen MR) is 58.3 cm³/mol. The van der Waals surface area contributed by atoms with Crippen LogP contribution in [-0.2, 0) is 14.3 Å². The molecule has 0 aromatic rings. The molecule has 0 aromatic carbocycles. The van der Waals surface area contributed by atoms with E-state index in [0.717, 1.165) is 12.0 Å². The van der Waals surface area contributed by atoms with E-state index in [9.17, 15) is 9.59 Å². The lowest BCUT2D eigenvalue weighted by atomic mass is 9.91. The van der Waals surface area contributed by atoms with Crippen molar-refractivity contribution in [2.24, 2.45) is 5.92 Å². The van der Waals surface area contributed by atoms with Crippen molar-refractivity contribution in [1.29, 1.82) is 0 Å². The number of aldehydes is 1. The average Bonchev–Trinajstić information content (AvgIpc) is 2.28. The first kappa shape index (κ1) is 10.9. The Morgan fingerprint density at radius 1 is 1.62 bits per heavy atom. The van der Waals surface area contributed by atoms with E-state index in [-0.39, 0.29) is 11.8 Å². The summed E-state index contributed by atoms with van der Waals surface area (Å²) in [7, 11) is 0. The molecule has 0 saturated carbocycles. The molecule has 0 spiro atoms. The van der Waals surface area contributed by atoms with E-state index in [0.29, 0.717) is 24.1 Å². The molecule has 4 nitrogen and oxygen atoms in total. The monoisotopic (exact) mass is 221 g/mol. The summed E-state index contributed by atoms with van der Waals surface area (Å²) in [5, 5.41) is 2.78. The number of amides is 1. The summed E-state index contributed by atoms with van der Waals surface area (Å²) in [5.41, 5.74) is 1.35. The summed E-state index contributed by atoms with van der Waals surface area (Å²) in [5.74, 6) is 0.825. The lowest BCUT2D eigenvalue weighted by Crippen LogP contribution is -2.41. The van der Waals surface area contributed by atoms with Gasteiger partial charge in [0, 0.05) is 6.42 Å². The van der Waals surface area contributed by atoms with E-state index in [1.54, 1.807) is 6.08 Å². The molecule has 0 radical (unpaired) electrons. The lowest BCUT2D eigenvalue weighted by Gasteiger charge is -2.31. The number of ether oxygens (including phenoxy) is 1. The van der Waals surface area contributed by atoms with Gasteiger partial charge in [-0.25, -0.2) is 0 Å². The van der Waals surface area contributed by atoms with Crippen LogP contribution in [-0.4, -0.2) is 18.3 Å². The number of rotatable bonds is 2. The molecule has 1 N–H and O–H groups in total. The number of hydrogen-bond acceptors (Lipinski definition) is 3. The number of carbonyl (C=O) groups is 2. The largest absolute Gasteiger partial charge is 0.483 e. The first-order chi connectivity index (χ1) is 7.65. The van der Waals surface area contributed by atoms with Gasteiger partial charge in [0.2, 0.25) is 0 Å². The van der Waals surface area contributed by atoms with Crippen LogP contribution in [0.25, 0.3) is 0 Å². The molecule has 1 amide bonds. The third-order valence-corrected chi connectivity index (χ3v) is 3.01. The maximum absolute atomic E-state index is 11.6. The van der Waals surface area contributed by atoms with Crippen molar-refractivity contribution < 1.29 is 14.3 Å². The van der Waals surface area contributed by atoms with Crippen LogP contribution in [0, 0.1) is 5.92 Å². The van der Waals surface area contributed by atoms with Crippen LogP contribution in [0.5, 0.6) is 0 Å². The highest BCUT2D eigenvalue weighted by molar-refractivity contribution is 5.85. The van der Waals surface area contributed by atoms with Gasteiger partial charge in [-0.3, -0.25) is 9.59 Å². The first-order valence-corrected chi connectivity index (χ1v) is 5.53. The average molecular weight is 221 g/mol. The summed E-state index contributed by atoms with van der Waals surface area (Å²) in [6.07, 6.45) is 3.49. The summed E-state index contributed by atoms with van der Waals surface area (Å²) < 4.78 is 5.62. The summed E-state index contributed by atoms with van der Waals surface area (Å²) in [6.45, 7) is 3.89. The third kappa shape index (κ3) is 1.75. The van der Waals surface area contributed by atoms with E-state index in [1.165, 1.54) is 0 Å². The van der Waals surface area contributed by atoms with Crippen molar-refractivity contribution in [3.8, 4) is 0 Å². The predicted octanol–water partition coefficient (Wildman–Crippen LogP) is 1.29. The van der Waals surface area contributed by atoms with Crippen LogP contribution in [0.1, 0.15) is 26.7 Å². The number of carbonyl (C=O) groups excluding carboxylic acids is 2. The van der Waals surface area contributed by atoms with Gasteiger partial charge in [0.15, 0.2) is 6.10 Å². The maximum atomic E-state index is 11.6. The Labute approximate surface area is 94.3 Å². The maximum Gasteiger partial charge on any atom is 0.265 e. The Morgan fingerprint density at radius 3 is 3.00 bits per heavy atom. The van der Waals surface area contributed by atoms with Gasteiger partial charge in [0.25, 0.3) is 5.91 Å². The van der Waals surface area contributed by atoms with Crippen molar-refractivity contribution in [3.63, 3.8) is 0 Å². The zero-order chi connectivity index (χ0) is 11.7. The van der Waals surface area contributed by atoms with Gasteiger partial charge in [0.1, 0.15) is 12.0 Å². The molecule has 4 heteroatoms. The zero-order valence-corrected chi connectivity index (χ0v) is 9.45. The molecule has 2 unspecified atom stereocenters.